The molecule has 2 fully saturated rings. The molecule has 3 aromatic rings. The van der Waals surface area contributed by atoms with Gasteiger partial charge in [-0.1, -0.05) is 30.4 Å². The first-order chi connectivity index (χ1) is 16.9. The van der Waals surface area contributed by atoms with Crippen LogP contribution in [0, 0.1) is 30.6 Å². The Hall–Kier alpha value is -4.20. The third kappa shape index (κ3) is 3.06. The van der Waals surface area contributed by atoms with Gasteiger partial charge in [-0.3, -0.25) is 28.8 Å². The number of anilines is 2. The predicted octanol–water partition coefficient (Wildman–Crippen LogP) is 3.05. The van der Waals surface area contributed by atoms with Crippen molar-refractivity contribution in [3.63, 3.8) is 0 Å². The Kier molecular flexibility index (Phi) is 4.67. The minimum Gasteiger partial charge on any atom is -0.316 e. The molecule has 1 aromatic heterocycles. The van der Waals surface area contributed by atoms with E-state index in [1.807, 2.05) is 30.3 Å². The minimum absolute atomic E-state index is 0.144. The van der Waals surface area contributed by atoms with E-state index in [1.165, 1.54) is 9.58 Å². The Balaban J connectivity index is 1.24. The van der Waals surface area contributed by atoms with Gasteiger partial charge >= 0.3 is 0 Å². The summed E-state index contributed by atoms with van der Waals surface area (Å²) in [4.78, 5) is 53.4. The highest BCUT2D eigenvalue weighted by molar-refractivity contribution is 6.23. The van der Waals surface area contributed by atoms with Crippen LogP contribution in [0.1, 0.15) is 22.5 Å². The van der Waals surface area contributed by atoms with E-state index < -0.39 is 5.91 Å². The summed E-state index contributed by atoms with van der Waals surface area (Å²) in [6, 6.07) is 15.6. The van der Waals surface area contributed by atoms with Gasteiger partial charge in [0.05, 0.1) is 28.9 Å². The average Bonchev–Trinajstić information content (AvgIpc) is 3.60. The van der Waals surface area contributed by atoms with Gasteiger partial charge < -0.3 is 5.32 Å². The summed E-state index contributed by atoms with van der Waals surface area (Å²) in [7, 11) is 1.76. The second-order valence-electron chi connectivity index (χ2n) is 9.45. The molecule has 0 spiro atoms. The molecule has 2 aliphatic carbocycles. The molecule has 6 rings (SSSR count). The molecular weight excluding hydrogens is 444 g/mol. The molecule has 1 aliphatic heterocycles. The minimum atomic E-state index is -0.444. The Morgan fingerprint density at radius 2 is 1.46 bits per heavy atom. The van der Waals surface area contributed by atoms with Crippen LogP contribution < -0.4 is 15.8 Å². The molecule has 176 valence electrons. The third-order valence-electron chi connectivity index (χ3n) is 7.65. The second-order valence-corrected chi connectivity index (χ2v) is 9.45. The van der Waals surface area contributed by atoms with Crippen LogP contribution in [0.15, 0.2) is 71.5 Å². The van der Waals surface area contributed by atoms with E-state index in [-0.39, 0.29) is 46.7 Å². The SMILES string of the molecule is Cc1c(NC(=O)c2ccc(N3C(=O)[C@@H]4[C@H](C3=O)[C@H]3C=C[C@H]4C3)cc2)c(=O)n(-c2ccccc2)n1C. The molecule has 2 aromatic carbocycles. The molecule has 1 N–H and O–H groups in total. The number of hydrogen-bond acceptors (Lipinski definition) is 4. The molecule has 2 heterocycles. The fourth-order valence-electron chi connectivity index (χ4n) is 5.82. The van der Waals surface area contributed by atoms with Crippen molar-refractivity contribution in [1.29, 1.82) is 0 Å². The van der Waals surface area contributed by atoms with Gasteiger partial charge in [0.2, 0.25) is 11.8 Å². The van der Waals surface area contributed by atoms with Gasteiger partial charge in [0.1, 0.15) is 5.69 Å². The Morgan fingerprint density at radius 1 is 0.857 bits per heavy atom. The first-order valence-corrected chi connectivity index (χ1v) is 11.7. The molecule has 0 unspecified atom stereocenters. The van der Waals surface area contributed by atoms with Gasteiger partial charge in [-0.25, -0.2) is 4.68 Å². The fourth-order valence-corrected chi connectivity index (χ4v) is 5.82. The maximum Gasteiger partial charge on any atom is 0.295 e. The lowest BCUT2D eigenvalue weighted by Gasteiger charge is -2.17. The number of carbonyl (C=O) groups is 3. The average molecular weight is 469 g/mol. The molecule has 2 bridgehead atoms. The van der Waals surface area contributed by atoms with E-state index in [1.54, 1.807) is 42.9 Å². The summed E-state index contributed by atoms with van der Waals surface area (Å²) in [5.74, 6) is -1.01. The van der Waals surface area contributed by atoms with Crippen molar-refractivity contribution in [2.45, 2.75) is 13.3 Å². The molecule has 3 aliphatic rings. The molecule has 8 nitrogen and oxygen atoms in total. The summed E-state index contributed by atoms with van der Waals surface area (Å²) in [5.41, 5.74) is 1.97. The van der Waals surface area contributed by atoms with Crippen molar-refractivity contribution in [2.75, 3.05) is 10.2 Å². The van der Waals surface area contributed by atoms with Crippen molar-refractivity contribution < 1.29 is 14.4 Å². The van der Waals surface area contributed by atoms with Crippen LogP contribution in [-0.4, -0.2) is 27.1 Å². The number of nitrogens with one attached hydrogen (secondary N) is 1. The van der Waals surface area contributed by atoms with E-state index in [2.05, 4.69) is 17.5 Å². The number of nitrogens with zero attached hydrogens (tertiary/aromatic N) is 3. The number of hydrogen-bond donors (Lipinski definition) is 1. The Labute approximate surface area is 201 Å². The number of allylic oxidation sites excluding steroid dienone is 2. The molecule has 1 saturated heterocycles. The Bertz CT molecular complexity index is 1440. The molecule has 4 atom stereocenters. The highest BCUT2D eigenvalue weighted by Crippen LogP contribution is 2.53. The van der Waals surface area contributed by atoms with E-state index in [0.717, 1.165) is 6.42 Å². The summed E-state index contributed by atoms with van der Waals surface area (Å²) in [5, 5.41) is 2.74. The highest BCUT2D eigenvalue weighted by Gasteiger charge is 2.59. The third-order valence-corrected chi connectivity index (χ3v) is 7.65. The smallest absolute Gasteiger partial charge is 0.295 e. The number of aromatic nitrogens is 2. The molecule has 0 radical (unpaired) electrons. The van der Waals surface area contributed by atoms with Crippen LogP contribution in [0.5, 0.6) is 0 Å². The molecule has 1 saturated carbocycles. The van der Waals surface area contributed by atoms with Crippen molar-refractivity contribution in [3.8, 4) is 5.69 Å². The standard InChI is InChI=1S/C27H24N4O4/c1-15-23(27(35)31(29(15)2)20-6-4-3-5-7-20)28-24(32)16-10-12-19(13-11-16)30-25(33)21-17-8-9-18(14-17)22(21)26(30)34/h3-13,17-18,21-22H,14H2,1-2H3,(H,28,32)/t17-,18-,21-,22+/m0/s1. The number of benzene rings is 2. The maximum absolute atomic E-state index is 13.1. The number of amides is 3. The van der Waals surface area contributed by atoms with Crippen molar-refractivity contribution in [3.05, 3.63) is 88.4 Å². The first-order valence-electron chi connectivity index (χ1n) is 11.7. The second kappa shape index (κ2) is 7.66. The first kappa shape index (κ1) is 21.3. The van der Waals surface area contributed by atoms with Gasteiger partial charge in [0, 0.05) is 12.6 Å². The van der Waals surface area contributed by atoms with Crippen molar-refractivity contribution >= 4 is 29.1 Å². The Morgan fingerprint density at radius 3 is 2.06 bits per heavy atom. The van der Waals surface area contributed by atoms with Crippen molar-refractivity contribution in [2.24, 2.45) is 30.7 Å². The molecule has 35 heavy (non-hydrogen) atoms. The lowest BCUT2D eigenvalue weighted by molar-refractivity contribution is -0.123. The van der Waals surface area contributed by atoms with Crippen LogP contribution in [0.4, 0.5) is 11.4 Å². The largest absolute Gasteiger partial charge is 0.316 e. The number of rotatable bonds is 4. The predicted molar refractivity (Wildman–Crippen MR) is 130 cm³/mol. The van der Waals surface area contributed by atoms with E-state index in [0.29, 0.717) is 22.6 Å². The number of fused-ring (bicyclic) bond motifs is 5. The summed E-state index contributed by atoms with van der Waals surface area (Å²) >= 11 is 0. The normalized spacial score (nSPS) is 24.3. The van der Waals surface area contributed by atoms with E-state index in [4.69, 9.17) is 0 Å². The summed E-state index contributed by atoms with van der Waals surface area (Å²) < 4.78 is 3.19. The summed E-state index contributed by atoms with van der Waals surface area (Å²) in [6.07, 6.45) is 5.00. The lowest BCUT2D eigenvalue weighted by atomic mass is 9.85. The van der Waals surface area contributed by atoms with Crippen LogP contribution >= 0.6 is 0 Å². The lowest BCUT2D eigenvalue weighted by Crippen LogP contribution is -2.32. The van der Waals surface area contributed by atoms with Crippen LogP contribution in [0.2, 0.25) is 0 Å². The number of para-hydroxylation sites is 1. The van der Waals surface area contributed by atoms with Gasteiger partial charge in [-0.15, -0.1) is 0 Å². The monoisotopic (exact) mass is 468 g/mol. The molecule has 3 amide bonds. The zero-order chi connectivity index (χ0) is 24.4. The summed E-state index contributed by atoms with van der Waals surface area (Å²) in [6.45, 7) is 1.77. The topological polar surface area (TPSA) is 93.4 Å². The molecule has 8 heteroatoms. The maximum atomic E-state index is 13.1. The number of imide groups is 1. The van der Waals surface area contributed by atoms with Gasteiger partial charge in [0.15, 0.2) is 0 Å². The zero-order valence-electron chi connectivity index (χ0n) is 19.3. The van der Waals surface area contributed by atoms with Gasteiger partial charge in [-0.05, 0) is 61.6 Å². The van der Waals surface area contributed by atoms with Crippen LogP contribution in [-0.2, 0) is 16.6 Å². The molecular formula is C27H24N4O4. The van der Waals surface area contributed by atoms with Crippen LogP contribution in [0.25, 0.3) is 5.69 Å². The van der Waals surface area contributed by atoms with Crippen molar-refractivity contribution in [1.82, 2.24) is 9.36 Å². The quantitative estimate of drug-likeness (QED) is 0.471. The van der Waals surface area contributed by atoms with Crippen LogP contribution in [0.3, 0.4) is 0 Å². The van der Waals surface area contributed by atoms with E-state index >= 15 is 0 Å². The number of carbonyl (C=O) groups excluding carboxylic acids is 3. The van der Waals surface area contributed by atoms with E-state index in [9.17, 15) is 19.2 Å². The van der Waals surface area contributed by atoms with Gasteiger partial charge in [0.25, 0.3) is 11.5 Å². The fraction of sp³-hybridized carbons (Fsp3) is 0.259. The van der Waals surface area contributed by atoms with Gasteiger partial charge in [-0.2, -0.15) is 0 Å². The zero-order valence-corrected chi connectivity index (χ0v) is 19.3. The highest BCUT2D eigenvalue weighted by atomic mass is 16.2.